The summed E-state index contributed by atoms with van der Waals surface area (Å²) in [6, 6.07) is 4.94. The highest BCUT2D eigenvalue weighted by Gasteiger charge is 2.67. The van der Waals surface area contributed by atoms with Crippen LogP contribution in [-0.4, -0.2) is 54.3 Å². The van der Waals surface area contributed by atoms with Gasteiger partial charge in [-0.3, -0.25) is 15.0 Å². The number of benzene rings is 1. The lowest BCUT2D eigenvalue weighted by atomic mass is 9.96. The van der Waals surface area contributed by atoms with Crippen LogP contribution in [0, 0.1) is 16.7 Å². The Morgan fingerprint density at radius 3 is 2.62 bits per heavy atom. The van der Waals surface area contributed by atoms with E-state index in [9.17, 15) is 18.4 Å². The van der Waals surface area contributed by atoms with Gasteiger partial charge in [0.1, 0.15) is 6.07 Å². The Balaban J connectivity index is 1.76. The SMILES string of the molecule is C=C(/C=C\C(=NC)OC)[C@H](Nc1cc(Cl)c2ncc(C#N)c(NCC(C)(C)C)c2c1)C1=CN(C2(C(F)(F)F)CC2)NN1. The number of ether oxygens (including phenoxy) is 1. The number of halogens is 4. The summed E-state index contributed by atoms with van der Waals surface area (Å²) in [5, 5.41) is 18.5. The van der Waals surface area contributed by atoms with Gasteiger partial charge in [0.2, 0.25) is 5.90 Å². The standard InChI is InChI=1S/C29H34ClF3N8O/c1-17(7-8-23(35-5)42-6)24(22-15-41(40-39-22)28(9-10-28)29(31,32)33)38-19-11-20-25(37-16-27(2,3)4)18(13-34)14-36-26(20)21(30)12-19/h7-8,11-12,14-15,24,38-40H,1,9-10,16H2,2-6H3,(H,36,37)/b8-7-,35-23?/t24-/m0/s1. The fourth-order valence-electron chi connectivity index (χ4n) is 4.50. The van der Waals surface area contributed by atoms with Gasteiger partial charge in [-0.15, -0.1) is 5.53 Å². The summed E-state index contributed by atoms with van der Waals surface area (Å²) in [4.78, 5) is 8.42. The van der Waals surface area contributed by atoms with E-state index >= 15 is 0 Å². The second kappa shape index (κ2) is 11.7. The minimum absolute atomic E-state index is 0.0169. The molecule has 1 aromatic carbocycles. The predicted octanol–water partition coefficient (Wildman–Crippen LogP) is 6.05. The van der Waals surface area contributed by atoms with Crippen LogP contribution in [0.1, 0.15) is 39.2 Å². The van der Waals surface area contributed by atoms with E-state index in [-0.39, 0.29) is 18.3 Å². The van der Waals surface area contributed by atoms with Crippen molar-refractivity contribution in [1.82, 2.24) is 21.0 Å². The van der Waals surface area contributed by atoms with Gasteiger partial charge in [0.05, 0.1) is 40.6 Å². The van der Waals surface area contributed by atoms with Crippen molar-refractivity contribution in [3.8, 4) is 6.07 Å². The van der Waals surface area contributed by atoms with Crippen LogP contribution >= 0.6 is 11.6 Å². The number of aliphatic imine (C=N–C) groups is 1. The van der Waals surface area contributed by atoms with E-state index in [0.717, 1.165) is 5.01 Å². The van der Waals surface area contributed by atoms with Crippen molar-refractivity contribution in [3.05, 3.63) is 65.1 Å². The fraction of sp³-hybridized carbons (Fsp3) is 0.414. The summed E-state index contributed by atoms with van der Waals surface area (Å²) in [5.74, 6) is 0.343. The van der Waals surface area contributed by atoms with Crippen molar-refractivity contribution in [2.75, 3.05) is 31.3 Å². The van der Waals surface area contributed by atoms with E-state index in [1.54, 1.807) is 31.3 Å². The number of aromatic nitrogens is 1. The molecule has 4 rings (SSSR count). The van der Waals surface area contributed by atoms with Crippen molar-refractivity contribution in [2.24, 2.45) is 10.4 Å². The first kappa shape index (κ1) is 31.0. The second-order valence-electron chi connectivity index (χ2n) is 11.4. The topological polar surface area (TPSA) is 110 Å². The minimum atomic E-state index is -4.41. The Morgan fingerprint density at radius 1 is 1.33 bits per heavy atom. The average molecular weight is 603 g/mol. The zero-order chi connectivity index (χ0) is 30.9. The molecule has 2 aliphatic rings. The highest BCUT2D eigenvalue weighted by Crippen LogP contribution is 2.53. The lowest BCUT2D eigenvalue weighted by Gasteiger charge is -2.28. The first-order valence-electron chi connectivity index (χ1n) is 13.2. The number of nitrogens with zero attached hydrogens (tertiary/aromatic N) is 4. The quantitative estimate of drug-likeness (QED) is 0.156. The van der Waals surface area contributed by atoms with Gasteiger partial charge in [0, 0.05) is 43.1 Å². The van der Waals surface area contributed by atoms with Crippen LogP contribution in [0.2, 0.25) is 5.02 Å². The maximum absolute atomic E-state index is 13.8. The number of fused-ring (bicyclic) bond motifs is 1. The Hall–Kier alpha value is -3.95. The minimum Gasteiger partial charge on any atom is -0.481 e. The number of hydrazine groups is 2. The van der Waals surface area contributed by atoms with E-state index in [1.165, 1.54) is 19.5 Å². The van der Waals surface area contributed by atoms with Crippen LogP contribution in [0.4, 0.5) is 24.5 Å². The van der Waals surface area contributed by atoms with Crippen LogP contribution in [0.3, 0.4) is 0 Å². The van der Waals surface area contributed by atoms with Crippen LogP contribution < -0.4 is 21.6 Å². The second-order valence-corrected chi connectivity index (χ2v) is 11.8. The van der Waals surface area contributed by atoms with Crippen molar-refractivity contribution in [2.45, 2.75) is 51.4 Å². The van der Waals surface area contributed by atoms with Gasteiger partial charge in [0.15, 0.2) is 5.54 Å². The zero-order valence-electron chi connectivity index (χ0n) is 24.1. The average Bonchev–Trinajstić information content (AvgIpc) is 3.61. The molecule has 1 saturated carbocycles. The molecule has 2 heterocycles. The molecule has 9 nitrogen and oxygen atoms in total. The molecule has 224 valence electrons. The molecule has 0 saturated heterocycles. The largest absolute Gasteiger partial charge is 0.481 e. The van der Waals surface area contributed by atoms with Crippen molar-refractivity contribution in [1.29, 1.82) is 5.26 Å². The van der Waals surface area contributed by atoms with E-state index in [2.05, 4.69) is 65.0 Å². The predicted molar refractivity (Wildman–Crippen MR) is 160 cm³/mol. The van der Waals surface area contributed by atoms with Crippen LogP contribution in [0.25, 0.3) is 10.9 Å². The van der Waals surface area contributed by atoms with Crippen LogP contribution in [-0.2, 0) is 4.74 Å². The number of rotatable bonds is 9. The van der Waals surface area contributed by atoms with Gasteiger partial charge >= 0.3 is 6.18 Å². The number of pyridine rings is 1. The first-order chi connectivity index (χ1) is 19.7. The summed E-state index contributed by atoms with van der Waals surface area (Å²) in [5.41, 5.74) is 6.38. The third-order valence-corrected chi connectivity index (χ3v) is 7.29. The highest BCUT2D eigenvalue weighted by molar-refractivity contribution is 6.35. The molecule has 13 heteroatoms. The molecule has 0 unspecified atom stereocenters. The molecule has 42 heavy (non-hydrogen) atoms. The molecule has 4 N–H and O–H groups in total. The molecule has 0 radical (unpaired) electrons. The molecule has 1 aromatic heterocycles. The normalized spacial score (nSPS) is 17.5. The Kier molecular flexibility index (Phi) is 8.66. The molecule has 2 aromatic rings. The number of hydrogen-bond donors (Lipinski definition) is 4. The number of anilines is 2. The van der Waals surface area contributed by atoms with Gasteiger partial charge < -0.3 is 20.8 Å². The summed E-state index contributed by atoms with van der Waals surface area (Å²) < 4.78 is 46.7. The van der Waals surface area contributed by atoms with E-state index in [0.29, 0.717) is 56.6 Å². The Morgan fingerprint density at radius 2 is 2.05 bits per heavy atom. The van der Waals surface area contributed by atoms with E-state index in [4.69, 9.17) is 16.3 Å². The molecule has 1 atom stereocenters. The zero-order valence-corrected chi connectivity index (χ0v) is 24.8. The summed E-state index contributed by atoms with van der Waals surface area (Å²) >= 11 is 6.67. The van der Waals surface area contributed by atoms with Gasteiger partial charge in [-0.1, -0.05) is 45.0 Å². The van der Waals surface area contributed by atoms with Crippen LogP contribution in [0.5, 0.6) is 0 Å². The van der Waals surface area contributed by atoms with E-state index < -0.39 is 17.8 Å². The number of methoxy groups -OCH3 is 1. The number of nitriles is 1. The van der Waals surface area contributed by atoms with Gasteiger partial charge in [-0.2, -0.15) is 18.4 Å². The summed E-state index contributed by atoms with van der Waals surface area (Å²) in [6.07, 6.45) is 1.71. The lowest BCUT2D eigenvalue weighted by Crippen LogP contribution is -2.52. The van der Waals surface area contributed by atoms with Crippen LogP contribution in [0.15, 0.2) is 59.5 Å². The van der Waals surface area contributed by atoms with Gasteiger partial charge in [-0.05, 0) is 36.0 Å². The molecule has 0 amide bonds. The number of alkyl halides is 3. The third kappa shape index (κ3) is 6.42. The first-order valence-corrected chi connectivity index (χ1v) is 13.6. The third-order valence-electron chi connectivity index (χ3n) is 7.00. The smallest absolute Gasteiger partial charge is 0.413 e. The summed E-state index contributed by atoms with van der Waals surface area (Å²) in [6.45, 7) is 11.0. The molecule has 1 aliphatic heterocycles. The molecule has 1 aliphatic carbocycles. The molecular weight excluding hydrogens is 569 g/mol. The van der Waals surface area contributed by atoms with Gasteiger partial charge in [-0.25, -0.2) is 0 Å². The fourth-order valence-corrected chi connectivity index (χ4v) is 4.77. The lowest BCUT2D eigenvalue weighted by molar-refractivity contribution is -0.195. The maximum atomic E-state index is 13.8. The molecule has 0 bridgehead atoms. The Bertz CT molecular complexity index is 1500. The van der Waals surface area contributed by atoms with Crippen molar-refractivity contribution in [3.63, 3.8) is 0 Å². The number of nitrogens with one attached hydrogen (secondary N) is 4. The number of hydrogen-bond acceptors (Lipinski definition) is 9. The molecular formula is C29H34ClF3N8O. The molecule has 0 spiro atoms. The Labute approximate surface area is 248 Å². The highest BCUT2D eigenvalue weighted by atomic mass is 35.5. The monoisotopic (exact) mass is 602 g/mol. The summed E-state index contributed by atoms with van der Waals surface area (Å²) in [7, 11) is 3.05. The van der Waals surface area contributed by atoms with Crippen molar-refractivity contribution >= 4 is 39.8 Å². The van der Waals surface area contributed by atoms with E-state index in [1.807, 2.05) is 0 Å². The molecule has 1 fully saturated rings. The van der Waals surface area contributed by atoms with Gasteiger partial charge in [0.25, 0.3) is 0 Å². The van der Waals surface area contributed by atoms with Crippen molar-refractivity contribution < 1.29 is 17.9 Å². The maximum Gasteiger partial charge on any atom is 0.413 e.